The highest BCUT2D eigenvalue weighted by Gasteiger charge is 2.27. The zero-order chi connectivity index (χ0) is 14.5. The molecule has 110 valence electrons. The zero-order valence-electron chi connectivity index (χ0n) is 12.2. The number of hydrogen-bond donors (Lipinski definition) is 1. The average Bonchev–Trinajstić information content (AvgIpc) is 2.46. The minimum Gasteiger partial charge on any atom is -0.342 e. The maximum Gasteiger partial charge on any atom is 0.222 e. The van der Waals surface area contributed by atoms with Crippen molar-refractivity contribution < 1.29 is 4.79 Å². The van der Waals surface area contributed by atoms with Crippen LogP contribution in [0.1, 0.15) is 32.3 Å². The number of piperidine rings is 1. The Morgan fingerprint density at radius 2 is 2.10 bits per heavy atom. The Kier molecular flexibility index (Phi) is 5.61. The summed E-state index contributed by atoms with van der Waals surface area (Å²) in [6.45, 7) is 6.82. The van der Waals surface area contributed by atoms with Crippen molar-refractivity contribution in [2.45, 2.75) is 39.3 Å². The van der Waals surface area contributed by atoms with Crippen molar-refractivity contribution in [3.05, 3.63) is 34.3 Å². The van der Waals surface area contributed by atoms with E-state index in [9.17, 15) is 4.79 Å². The molecule has 1 N–H and O–H groups in total. The van der Waals surface area contributed by atoms with Gasteiger partial charge in [-0.3, -0.25) is 4.79 Å². The van der Waals surface area contributed by atoms with Crippen LogP contribution in [-0.4, -0.2) is 29.9 Å². The molecule has 1 heterocycles. The van der Waals surface area contributed by atoms with Gasteiger partial charge in [-0.25, -0.2) is 0 Å². The Morgan fingerprint density at radius 3 is 2.70 bits per heavy atom. The highest BCUT2D eigenvalue weighted by molar-refractivity contribution is 9.10. The quantitative estimate of drug-likeness (QED) is 0.914. The molecule has 1 aromatic carbocycles. The molecule has 1 aliphatic rings. The Morgan fingerprint density at radius 1 is 1.40 bits per heavy atom. The molecule has 2 atom stereocenters. The third kappa shape index (κ3) is 4.06. The molecule has 2 rings (SSSR count). The lowest BCUT2D eigenvalue weighted by Crippen LogP contribution is -2.49. The van der Waals surface area contributed by atoms with Crippen molar-refractivity contribution >= 4 is 21.8 Å². The summed E-state index contributed by atoms with van der Waals surface area (Å²) in [5.74, 6) is 0.790. The lowest BCUT2D eigenvalue weighted by Gasteiger charge is -2.37. The summed E-state index contributed by atoms with van der Waals surface area (Å²) in [4.78, 5) is 13.7. The molecule has 1 aliphatic heterocycles. The van der Waals surface area contributed by atoms with Gasteiger partial charge in [-0.15, -0.1) is 0 Å². The molecule has 1 saturated heterocycles. The molecular weight excluding hydrogens is 316 g/mol. The van der Waals surface area contributed by atoms with Crippen LogP contribution >= 0.6 is 15.9 Å². The number of benzene rings is 1. The van der Waals surface area contributed by atoms with E-state index in [1.54, 1.807) is 0 Å². The minimum absolute atomic E-state index is 0.281. The smallest absolute Gasteiger partial charge is 0.222 e. The van der Waals surface area contributed by atoms with Crippen LogP contribution in [-0.2, 0) is 11.3 Å². The summed E-state index contributed by atoms with van der Waals surface area (Å²) in [6, 6.07) is 8.92. The second-order valence-corrected chi connectivity index (χ2v) is 6.49. The first-order valence-corrected chi connectivity index (χ1v) is 8.15. The molecule has 1 amide bonds. The van der Waals surface area contributed by atoms with Gasteiger partial charge >= 0.3 is 0 Å². The molecule has 0 bridgehead atoms. The largest absolute Gasteiger partial charge is 0.342 e. The number of likely N-dealkylation sites (tertiary alicyclic amines) is 1. The van der Waals surface area contributed by atoms with E-state index >= 15 is 0 Å². The molecule has 0 saturated carbocycles. The molecule has 0 aliphatic carbocycles. The summed E-state index contributed by atoms with van der Waals surface area (Å²) >= 11 is 3.45. The highest BCUT2D eigenvalue weighted by atomic mass is 79.9. The number of hydrogen-bond acceptors (Lipinski definition) is 2. The van der Waals surface area contributed by atoms with Crippen molar-refractivity contribution in [2.75, 3.05) is 13.1 Å². The van der Waals surface area contributed by atoms with Gasteiger partial charge in [0.15, 0.2) is 0 Å². The molecule has 1 fully saturated rings. The van der Waals surface area contributed by atoms with Gasteiger partial charge in [-0.1, -0.05) is 41.9 Å². The number of rotatable bonds is 4. The second kappa shape index (κ2) is 7.23. The summed E-state index contributed by atoms with van der Waals surface area (Å²) in [5, 5.41) is 3.63. The van der Waals surface area contributed by atoms with Gasteiger partial charge in [0.1, 0.15) is 0 Å². The van der Waals surface area contributed by atoms with Crippen LogP contribution in [0.2, 0.25) is 0 Å². The number of carbonyl (C=O) groups is 1. The predicted octanol–water partition coefficient (Wildman–Crippen LogP) is 3.19. The van der Waals surface area contributed by atoms with Crippen molar-refractivity contribution in [1.82, 2.24) is 10.2 Å². The number of nitrogens with zero attached hydrogens (tertiary/aromatic N) is 1. The monoisotopic (exact) mass is 338 g/mol. The van der Waals surface area contributed by atoms with Crippen molar-refractivity contribution in [3.8, 4) is 0 Å². The maximum absolute atomic E-state index is 11.7. The Balaban J connectivity index is 1.83. The van der Waals surface area contributed by atoms with Gasteiger partial charge in [0, 0.05) is 36.6 Å². The molecule has 4 heteroatoms. The van der Waals surface area contributed by atoms with Crippen LogP contribution in [0, 0.1) is 5.92 Å². The molecule has 0 aromatic heterocycles. The van der Waals surface area contributed by atoms with E-state index in [4.69, 9.17) is 0 Å². The van der Waals surface area contributed by atoms with Crippen LogP contribution in [0.15, 0.2) is 28.7 Å². The summed E-state index contributed by atoms with van der Waals surface area (Å²) in [6.07, 6.45) is 1.66. The predicted molar refractivity (Wildman–Crippen MR) is 85.4 cm³/mol. The van der Waals surface area contributed by atoms with Crippen molar-refractivity contribution in [3.63, 3.8) is 0 Å². The summed E-state index contributed by atoms with van der Waals surface area (Å²) in [7, 11) is 0. The van der Waals surface area contributed by atoms with E-state index in [0.717, 1.165) is 30.5 Å². The third-order valence-electron chi connectivity index (χ3n) is 4.04. The van der Waals surface area contributed by atoms with Crippen LogP contribution in [0.5, 0.6) is 0 Å². The van der Waals surface area contributed by atoms with Crippen LogP contribution in [0.4, 0.5) is 0 Å². The first kappa shape index (κ1) is 15.5. The Hall–Kier alpha value is -0.870. The van der Waals surface area contributed by atoms with E-state index in [-0.39, 0.29) is 5.91 Å². The van der Waals surface area contributed by atoms with Crippen LogP contribution in [0.25, 0.3) is 0 Å². The molecule has 0 unspecified atom stereocenters. The molecule has 1 aromatic rings. The molecule has 20 heavy (non-hydrogen) atoms. The Bertz CT molecular complexity index is 446. The first-order valence-electron chi connectivity index (χ1n) is 7.35. The fourth-order valence-corrected chi connectivity index (χ4v) is 3.01. The number of nitrogens with one attached hydrogen (secondary N) is 1. The van der Waals surface area contributed by atoms with E-state index < -0.39 is 0 Å². The van der Waals surface area contributed by atoms with Gasteiger partial charge in [-0.2, -0.15) is 0 Å². The fourth-order valence-electron chi connectivity index (χ4n) is 2.75. The molecule has 0 radical (unpaired) electrons. The topological polar surface area (TPSA) is 32.3 Å². The van der Waals surface area contributed by atoms with Crippen LogP contribution < -0.4 is 5.32 Å². The lowest BCUT2D eigenvalue weighted by molar-refractivity contribution is -0.132. The van der Waals surface area contributed by atoms with E-state index in [1.807, 2.05) is 11.8 Å². The number of amides is 1. The standard InChI is InChI=1S/C16H23BrN2O/c1-3-16(20)19-9-8-15(12(2)11-19)18-10-13-4-6-14(17)7-5-13/h4-7,12,15,18H,3,8-11H2,1-2H3/t12-,15+/m0/s1. The second-order valence-electron chi connectivity index (χ2n) is 5.57. The van der Waals surface area contributed by atoms with Gasteiger partial charge in [-0.05, 0) is 30.0 Å². The minimum atomic E-state index is 0.281. The third-order valence-corrected chi connectivity index (χ3v) is 4.57. The van der Waals surface area contributed by atoms with E-state index in [1.165, 1.54) is 5.56 Å². The number of carbonyl (C=O) groups excluding carboxylic acids is 1. The van der Waals surface area contributed by atoms with Gasteiger partial charge < -0.3 is 10.2 Å². The van der Waals surface area contributed by atoms with Crippen molar-refractivity contribution in [1.29, 1.82) is 0 Å². The first-order chi connectivity index (χ1) is 9.60. The maximum atomic E-state index is 11.7. The average molecular weight is 339 g/mol. The van der Waals surface area contributed by atoms with Crippen molar-refractivity contribution in [2.24, 2.45) is 5.92 Å². The Labute approximate surface area is 129 Å². The zero-order valence-corrected chi connectivity index (χ0v) is 13.8. The van der Waals surface area contributed by atoms with E-state index in [2.05, 4.69) is 52.4 Å². The van der Waals surface area contributed by atoms with Gasteiger partial charge in [0.05, 0.1) is 0 Å². The molecular formula is C16H23BrN2O. The SMILES string of the molecule is CCC(=O)N1CC[C@@H](NCc2ccc(Br)cc2)[C@@H](C)C1. The van der Waals surface area contributed by atoms with E-state index in [0.29, 0.717) is 18.4 Å². The summed E-state index contributed by atoms with van der Waals surface area (Å²) < 4.78 is 1.11. The fraction of sp³-hybridized carbons (Fsp3) is 0.562. The normalized spacial score (nSPS) is 22.9. The number of halogens is 1. The van der Waals surface area contributed by atoms with Gasteiger partial charge in [0.25, 0.3) is 0 Å². The summed E-state index contributed by atoms with van der Waals surface area (Å²) in [5.41, 5.74) is 1.30. The van der Waals surface area contributed by atoms with Crippen LogP contribution in [0.3, 0.4) is 0 Å². The molecule has 3 nitrogen and oxygen atoms in total. The highest BCUT2D eigenvalue weighted by Crippen LogP contribution is 2.18. The lowest BCUT2D eigenvalue weighted by atomic mass is 9.93. The molecule has 0 spiro atoms. The van der Waals surface area contributed by atoms with Gasteiger partial charge in [0.2, 0.25) is 5.91 Å².